The maximum absolute atomic E-state index is 5.51. The Morgan fingerprint density at radius 2 is 1.95 bits per heavy atom. The van der Waals surface area contributed by atoms with Gasteiger partial charge in [-0.05, 0) is 40.3 Å². The molecule has 0 heterocycles. The van der Waals surface area contributed by atoms with E-state index in [1.165, 1.54) is 22.3 Å². The Morgan fingerprint density at radius 1 is 1.15 bits per heavy atom. The Bertz CT molecular complexity index is 701. The standard InChI is InChI=1S/C16H16N4/c1-18-16(17)20-19-10-11-6-7-15-13(8-11)9-12-4-2-3-5-14(12)15/h2-8,10H,9H2,1H3,(H3,17,18,20)/b19-10-. The Morgan fingerprint density at radius 3 is 2.80 bits per heavy atom. The third-order valence-corrected chi connectivity index (χ3v) is 3.45. The molecule has 20 heavy (non-hydrogen) atoms. The van der Waals surface area contributed by atoms with Crippen molar-refractivity contribution < 1.29 is 0 Å². The molecule has 0 amide bonds. The lowest BCUT2D eigenvalue weighted by atomic mass is 10.0. The fraction of sp³-hybridized carbons (Fsp3) is 0.125. The Hall–Kier alpha value is -2.62. The van der Waals surface area contributed by atoms with Crippen molar-refractivity contribution >= 4 is 12.2 Å². The van der Waals surface area contributed by atoms with Crippen molar-refractivity contribution in [2.24, 2.45) is 15.8 Å². The van der Waals surface area contributed by atoms with Crippen LogP contribution in [0.5, 0.6) is 0 Å². The zero-order valence-corrected chi connectivity index (χ0v) is 11.3. The smallest absolute Gasteiger partial charge is 0.209 e. The highest BCUT2D eigenvalue weighted by molar-refractivity contribution is 5.86. The second-order valence-electron chi connectivity index (χ2n) is 4.73. The number of aliphatic imine (C=N–C) groups is 1. The van der Waals surface area contributed by atoms with Gasteiger partial charge in [0.15, 0.2) is 0 Å². The van der Waals surface area contributed by atoms with E-state index in [0.717, 1.165) is 12.0 Å². The van der Waals surface area contributed by atoms with Crippen LogP contribution >= 0.6 is 0 Å². The van der Waals surface area contributed by atoms with E-state index < -0.39 is 0 Å². The van der Waals surface area contributed by atoms with Crippen LogP contribution in [-0.4, -0.2) is 19.2 Å². The van der Waals surface area contributed by atoms with Crippen molar-refractivity contribution in [1.29, 1.82) is 0 Å². The summed E-state index contributed by atoms with van der Waals surface area (Å²) in [5, 5.41) is 4.06. The van der Waals surface area contributed by atoms with Gasteiger partial charge in [0.25, 0.3) is 0 Å². The summed E-state index contributed by atoms with van der Waals surface area (Å²) in [5.41, 5.74) is 14.6. The predicted molar refractivity (Wildman–Crippen MR) is 83.0 cm³/mol. The highest BCUT2D eigenvalue weighted by Gasteiger charge is 2.17. The molecule has 0 fully saturated rings. The first-order valence-electron chi connectivity index (χ1n) is 6.50. The number of hydrogen-bond donors (Lipinski definition) is 2. The number of guanidine groups is 1. The lowest BCUT2D eigenvalue weighted by Gasteiger charge is -2.02. The molecule has 0 radical (unpaired) electrons. The fourth-order valence-electron chi connectivity index (χ4n) is 2.47. The van der Waals surface area contributed by atoms with Gasteiger partial charge >= 0.3 is 0 Å². The number of nitrogens with two attached hydrogens (primary N) is 1. The molecular weight excluding hydrogens is 248 g/mol. The van der Waals surface area contributed by atoms with E-state index in [-0.39, 0.29) is 0 Å². The molecule has 0 saturated carbocycles. The molecule has 4 heteroatoms. The third-order valence-electron chi connectivity index (χ3n) is 3.45. The van der Waals surface area contributed by atoms with E-state index >= 15 is 0 Å². The van der Waals surface area contributed by atoms with Gasteiger partial charge in [0.1, 0.15) is 0 Å². The molecular formula is C16H16N4. The van der Waals surface area contributed by atoms with Crippen LogP contribution in [0, 0.1) is 0 Å². The van der Waals surface area contributed by atoms with Crippen molar-refractivity contribution in [3.8, 4) is 11.1 Å². The summed E-state index contributed by atoms with van der Waals surface area (Å²) in [5.74, 6) is 0.301. The normalized spacial score (nSPS) is 13.3. The van der Waals surface area contributed by atoms with Crippen LogP contribution < -0.4 is 11.2 Å². The Labute approximate surface area is 118 Å². The van der Waals surface area contributed by atoms with Gasteiger partial charge in [-0.15, -0.1) is 0 Å². The number of fused-ring (bicyclic) bond motifs is 3. The van der Waals surface area contributed by atoms with Crippen LogP contribution in [0.2, 0.25) is 0 Å². The molecule has 1 aliphatic rings. The summed E-state index contributed by atoms with van der Waals surface area (Å²) in [6, 6.07) is 14.9. The second kappa shape index (κ2) is 5.17. The average Bonchev–Trinajstić information content (AvgIpc) is 2.84. The summed E-state index contributed by atoms with van der Waals surface area (Å²) >= 11 is 0. The number of benzene rings is 2. The third kappa shape index (κ3) is 2.28. The minimum atomic E-state index is 0.301. The quantitative estimate of drug-likeness (QED) is 0.423. The molecule has 0 spiro atoms. The molecule has 2 aromatic rings. The monoisotopic (exact) mass is 264 g/mol. The van der Waals surface area contributed by atoms with E-state index in [1.807, 2.05) is 0 Å². The number of hydrazone groups is 1. The van der Waals surface area contributed by atoms with E-state index in [4.69, 9.17) is 5.73 Å². The van der Waals surface area contributed by atoms with Crippen molar-refractivity contribution in [2.75, 3.05) is 7.05 Å². The van der Waals surface area contributed by atoms with Gasteiger partial charge in [-0.3, -0.25) is 4.99 Å². The topological polar surface area (TPSA) is 62.8 Å². The van der Waals surface area contributed by atoms with E-state index in [9.17, 15) is 0 Å². The lowest BCUT2D eigenvalue weighted by Crippen LogP contribution is -2.26. The minimum Gasteiger partial charge on any atom is -0.369 e. The van der Waals surface area contributed by atoms with Gasteiger partial charge in [0, 0.05) is 7.05 Å². The van der Waals surface area contributed by atoms with E-state index in [0.29, 0.717) is 5.96 Å². The fourth-order valence-corrected chi connectivity index (χ4v) is 2.47. The first-order chi connectivity index (χ1) is 9.78. The predicted octanol–water partition coefficient (Wildman–Crippen LogP) is 2.13. The van der Waals surface area contributed by atoms with Crippen LogP contribution in [0.4, 0.5) is 0 Å². The van der Waals surface area contributed by atoms with E-state index in [1.54, 1.807) is 13.3 Å². The molecule has 0 aromatic heterocycles. The molecule has 1 aliphatic carbocycles. The average molecular weight is 264 g/mol. The number of nitrogens with one attached hydrogen (secondary N) is 1. The molecule has 0 saturated heterocycles. The molecule has 2 aromatic carbocycles. The van der Waals surface area contributed by atoms with Crippen LogP contribution in [0.25, 0.3) is 11.1 Å². The summed E-state index contributed by atoms with van der Waals surface area (Å²) in [7, 11) is 1.62. The van der Waals surface area contributed by atoms with Crippen molar-refractivity contribution in [1.82, 2.24) is 5.43 Å². The first kappa shape index (κ1) is 12.4. The summed E-state index contributed by atoms with van der Waals surface area (Å²) < 4.78 is 0. The van der Waals surface area contributed by atoms with Crippen molar-refractivity contribution in [3.05, 3.63) is 59.2 Å². The maximum atomic E-state index is 5.51. The second-order valence-corrected chi connectivity index (χ2v) is 4.73. The summed E-state index contributed by atoms with van der Waals surface area (Å²) in [4.78, 5) is 3.77. The van der Waals surface area contributed by atoms with Crippen LogP contribution in [0.3, 0.4) is 0 Å². The molecule has 0 atom stereocenters. The molecule has 4 nitrogen and oxygen atoms in total. The summed E-state index contributed by atoms with van der Waals surface area (Å²) in [6.07, 6.45) is 2.74. The molecule has 0 bridgehead atoms. The Balaban J connectivity index is 1.84. The SMILES string of the molecule is CN=C(N)N/N=C\c1ccc2c(c1)Cc1ccccc1-2. The number of hydrogen-bond acceptors (Lipinski definition) is 2. The van der Waals surface area contributed by atoms with E-state index in [2.05, 4.69) is 58.0 Å². The first-order valence-corrected chi connectivity index (χ1v) is 6.50. The van der Waals surface area contributed by atoms with Crippen LogP contribution in [-0.2, 0) is 6.42 Å². The molecule has 0 unspecified atom stereocenters. The van der Waals surface area contributed by atoms with Crippen molar-refractivity contribution in [3.63, 3.8) is 0 Å². The highest BCUT2D eigenvalue weighted by Crippen LogP contribution is 2.36. The zero-order valence-electron chi connectivity index (χ0n) is 11.3. The van der Waals surface area contributed by atoms with Gasteiger partial charge in [-0.2, -0.15) is 5.10 Å². The molecule has 3 N–H and O–H groups in total. The molecule has 0 aliphatic heterocycles. The van der Waals surface area contributed by atoms with Gasteiger partial charge < -0.3 is 5.73 Å². The number of nitrogens with zero attached hydrogens (tertiary/aromatic N) is 2. The van der Waals surface area contributed by atoms with Gasteiger partial charge in [0.05, 0.1) is 6.21 Å². The highest BCUT2D eigenvalue weighted by atomic mass is 15.3. The lowest BCUT2D eigenvalue weighted by molar-refractivity contribution is 1.01. The largest absolute Gasteiger partial charge is 0.369 e. The van der Waals surface area contributed by atoms with Gasteiger partial charge in [0.2, 0.25) is 5.96 Å². The van der Waals surface area contributed by atoms with Crippen LogP contribution in [0.1, 0.15) is 16.7 Å². The summed E-state index contributed by atoms with van der Waals surface area (Å²) in [6.45, 7) is 0. The zero-order chi connectivity index (χ0) is 13.9. The minimum absolute atomic E-state index is 0.301. The molecule has 100 valence electrons. The molecule has 3 rings (SSSR count). The van der Waals surface area contributed by atoms with Gasteiger partial charge in [-0.1, -0.05) is 36.4 Å². The van der Waals surface area contributed by atoms with Gasteiger partial charge in [-0.25, -0.2) is 5.43 Å². The van der Waals surface area contributed by atoms with Crippen LogP contribution in [0.15, 0.2) is 52.6 Å². The maximum Gasteiger partial charge on any atom is 0.209 e. The number of rotatable bonds is 2. The van der Waals surface area contributed by atoms with Crippen molar-refractivity contribution in [2.45, 2.75) is 6.42 Å². The Kier molecular flexibility index (Phi) is 3.21.